The highest BCUT2D eigenvalue weighted by atomic mass is 32.2. The summed E-state index contributed by atoms with van der Waals surface area (Å²) in [6, 6.07) is 15.5. The van der Waals surface area contributed by atoms with Crippen molar-refractivity contribution in [3.05, 3.63) is 110 Å². The van der Waals surface area contributed by atoms with Crippen molar-refractivity contribution in [2.45, 2.75) is 61.3 Å². The molecule has 0 bridgehead atoms. The summed E-state index contributed by atoms with van der Waals surface area (Å²) in [7, 11) is 0. The molecule has 0 saturated carbocycles. The van der Waals surface area contributed by atoms with E-state index in [4.69, 9.17) is 0 Å². The molecule has 3 aromatic carbocycles. The minimum atomic E-state index is -4.76. The Bertz CT molecular complexity index is 2030. The summed E-state index contributed by atoms with van der Waals surface area (Å²) in [6.45, 7) is 5.31. The summed E-state index contributed by atoms with van der Waals surface area (Å²) >= 11 is 1.57. The van der Waals surface area contributed by atoms with Crippen molar-refractivity contribution >= 4 is 52.2 Å². The number of rotatable bonds is 5. The van der Waals surface area contributed by atoms with Gasteiger partial charge in [0.15, 0.2) is 0 Å². The molecule has 4 aromatic rings. The summed E-state index contributed by atoms with van der Waals surface area (Å²) in [6.07, 6.45) is -9.49. The molecule has 1 aromatic heterocycles. The van der Waals surface area contributed by atoms with Crippen molar-refractivity contribution in [3.8, 4) is 0 Å². The monoisotopic (exact) mass is 719 g/mol. The van der Waals surface area contributed by atoms with Gasteiger partial charge in [-0.15, -0.1) is 0 Å². The number of benzene rings is 3. The SMILES string of the molecule is CC(C)(C)c1ccc(C2c3sc(=O)n(CC(=O)Nc4ccccc4C(F)(F)F)c3SC3C(=O)N(c4cccc(C(F)(F)F)c4)C(=O)C32)cc1. The maximum atomic E-state index is 14.1. The fourth-order valence-corrected chi connectivity index (χ4v) is 8.83. The Kier molecular flexibility index (Phi) is 8.58. The molecular weight excluding hydrogens is 693 g/mol. The number of carbonyl (C=O) groups excluding carboxylic acids is 3. The van der Waals surface area contributed by atoms with Crippen LogP contribution < -0.4 is 15.1 Å². The Labute approximate surface area is 283 Å². The van der Waals surface area contributed by atoms with Crippen LogP contribution in [0.15, 0.2) is 82.6 Å². The number of carbonyl (C=O) groups is 3. The second kappa shape index (κ2) is 12.2. The fourth-order valence-electron chi connectivity index (χ4n) is 6.05. The first-order valence-electron chi connectivity index (χ1n) is 14.9. The number of hydrogen-bond donors (Lipinski definition) is 1. The molecule has 0 radical (unpaired) electrons. The number of nitrogens with one attached hydrogen (secondary N) is 1. The van der Waals surface area contributed by atoms with Gasteiger partial charge in [-0.3, -0.25) is 23.7 Å². The van der Waals surface area contributed by atoms with Crippen molar-refractivity contribution in [2.24, 2.45) is 5.92 Å². The van der Waals surface area contributed by atoms with Crippen LogP contribution in [0, 0.1) is 5.92 Å². The Morgan fingerprint density at radius 1 is 0.816 bits per heavy atom. The van der Waals surface area contributed by atoms with E-state index in [0.29, 0.717) is 10.4 Å². The van der Waals surface area contributed by atoms with Gasteiger partial charge in [0.05, 0.1) is 33.4 Å². The molecule has 0 aliphatic carbocycles. The van der Waals surface area contributed by atoms with Gasteiger partial charge in [-0.05, 0) is 46.9 Å². The number of nitrogens with zero attached hydrogens (tertiary/aromatic N) is 2. The Morgan fingerprint density at radius 3 is 2.12 bits per heavy atom. The van der Waals surface area contributed by atoms with Crippen molar-refractivity contribution in [3.63, 3.8) is 0 Å². The number of anilines is 2. The molecule has 6 rings (SSSR count). The number of aromatic nitrogens is 1. The first-order chi connectivity index (χ1) is 22.9. The van der Waals surface area contributed by atoms with Gasteiger partial charge in [0.2, 0.25) is 17.7 Å². The summed E-state index contributed by atoms with van der Waals surface area (Å²) in [5, 5.41) is 1.21. The zero-order valence-electron chi connectivity index (χ0n) is 26.0. The van der Waals surface area contributed by atoms with Crippen LogP contribution >= 0.6 is 23.1 Å². The summed E-state index contributed by atoms with van der Waals surface area (Å²) in [5.41, 5.74) is -1.61. The van der Waals surface area contributed by atoms with Gasteiger partial charge < -0.3 is 5.32 Å². The van der Waals surface area contributed by atoms with Crippen molar-refractivity contribution in [1.82, 2.24) is 4.57 Å². The number of hydrogen-bond acceptors (Lipinski definition) is 6. The molecule has 15 heteroatoms. The molecule has 3 amide bonds. The maximum Gasteiger partial charge on any atom is 0.418 e. The standard InChI is InChI=1S/C34H27F6N3O4S2/c1-32(2,3)18-13-11-17(12-14-18)24-25-26(29(46)43(28(25)45)20-8-6-7-19(15-20)33(35,36)37)48-30-27(24)49-31(47)42(30)16-23(44)41-22-10-5-4-9-21(22)34(38,39)40/h4-15,24-26H,16H2,1-3H3,(H,41,44). The molecule has 3 atom stereocenters. The Balaban J connectivity index is 1.42. The molecule has 2 aliphatic heterocycles. The lowest BCUT2D eigenvalue weighted by Gasteiger charge is -2.31. The van der Waals surface area contributed by atoms with Crippen molar-refractivity contribution < 1.29 is 40.7 Å². The summed E-state index contributed by atoms with van der Waals surface area (Å²) in [4.78, 5) is 55.0. The normalized spacial score (nSPS) is 19.5. The maximum absolute atomic E-state index is 14.1. The highest BCUT2D eigenvalue weighted by Gasteiger charge is 2.57. The van der Waals surface area contributed by atoms with E-state index in [1.807, 2.05) is 32.9 Å². The largest absolute Gasteiger partial charge is 0.418 e. The number of imide groups is 1. The van der Waals surface area contributed by atoms with Gasteiger partial charge in [0.25, 0.3) is 0 Å². The van der Waals surface area contributed by atoms with E-state index < -0.39 is 75.4 Å². The smallest absolute Gasteiger partial charge is 0.324 e. The molecular formula is C34H27F6N3O4S2. The first-order valence-corrected chi connectivity index (χ1v) is 16.6. The molecule has 2 aliphatic rings. The lowest BCUT2D eigenvalue weighted by atomic mass is 9.81. The molecule has 256 valence electrons. The molecule has 0 spiro atoms. The van der Waals surface area contributed by atoms with Gasteiger partial charge in [0, 0.05) is 10.8 Å². The third-order valence-corrected chi connectivity index (χ3v) is 11.0. The number of halogens is 6. The van der Waals surface area contributed by atoms with Crippen LogP contribution in [0.2, 0.25) is 0 Å². The van der Waals surface area contributed by atoms with E-state index in [1.54, 1.807) is 12.1 Å². The predicted octanol–water partition coefficient (Wildman–Crippen LogP) is 7.68. The third kappa shape index (κ3) is 6.41. The zero-order chi connectivity index (χ0) is 35.6. The number of alkyl halides is 6. The molecule has 3 unspecified atom stereocenters. The molecule has 3 heterocycles. The average molecular weight is 720 g/mol. The predicted molar refractivity (Wildman–Crippen MR) is 173 cm³/mol. The number of fused-ring (bicyclic) bond motifs is 2. The lowest BCUT2D eigenvalue weighted by molar-refractivity contribution is -0.138. The quantitative estimate of drug-likeness (QED) is 0.169. The highest BCUT2D eigenvalue weighted by Crippen LogP contribution is 2.54. The van der Waals surface area contributed by atoms with Crippen LogP contribution in [0.4, 0.5) is 37.7 Å². The highest BCUT2D eigenvalue weighted by molar-refractivity contribution is 8.00. The lowest BCUT2D eigenvalue weighted by Crippen LogP contribution is -2.33. The van der Waals surface area contributed by atoms with Gasteiger partial charge in [-0.25, -0.2) is 4.90 Å². The number of amides is 3. The Morgan fingerprint density at radius 2 is 1.49 bits per heavy atom. The zero-order valence-corrected chi connectivity index (χ0v) is 27.6. The van der Waals surface area contributed by atoms with E-state index in [0.717, 1.165) is 68.5 Å². The van der Waals surface area contributed by atoms with E-state index in [-0.39, 0.29) is 16.1 Å². The van der Waals surface area contributed by atoms with E-state index >= 15 is 0 Å². The third-order valence-electron chi connectivity index (χ3n) is 8.43. The van der Waals surface area contributed by atoms with E-state index in [9.17, 15) is 45.5 Å². The minimum Gasteiger partial charge on any atom is -0.324 e. The van der Waals surface area contributed by atoms with Crippen molar-refractivity contribution in [2.75, 3.05) is 10.2 Å². The van der Waals surface area contributed by atoms with Gasteiger partial charge in [-0.2, -0.15) is 26.3 Å². The topological polar surface area (TPSA) is 88.5 Å². The molecule has 1 saturated heterocycles. The number of thioether (sulfide) groups is 1. The van der Waals surface area contributed by atoms with Crippen LogP contribution in [0.5, 0.6) is 0 Å². The van der Waals surface area contributed by atoms with Crippen LogP contribution in [-0.4, -0.2) is 27.5 Å². The minimum absolute atomic E-state index is 0.174. The Hall–Kier alpha value is -4.37. The van der Waals surface area contributed by atoms with E-state index in [2.05, 4.69) is 5.32 Å². The van der Waals surface area contributed by atoms with Gasteiger partial charge in [-0.1, -0.05) is 86.3 Å². The van der Waals surface area contributed by atoms with Crippen molar-refractivity contribution in [1.29, 1.82) is 0 Å². The van der Waals surface area contributed by atoms with Crippen LogP contribution in [-0.2, 0) is 38.7 Å². The number of thiazole rings is 1. The fraction of sp³-hybridized carbons (Fsp3) is 0.294. The summed E-state index contributed by atoms with van der Waals surface area (Å²) < 4.78 is 82.5. The van der Waals surface area contributed by atoms with Crippen LogP contribution in [0.25, 0.3) is 0 Å². The molecule has 49 heavy (non-hydrogen) atoms. The second-order valence-electron chi connectivity index (χ2n) is 12.7. The summed E-state index contributed by atoms with van der Waals surface area (Å²) in [5.74, 6) is -4.48. The number of para-hydroxylation sites is 1. The van der Waals surface area contributed by atoms with Gasteiger partial charge >= 0.3 is 17.2 Å². The average Bonchev–Trinajstić information content (AvgIpc) is 3.46. The second-order valence-corrected chi connectivity index (χ2v) is 14.8. The first kappa shape index (κ1) is 34.5. The molecule has 1 fully saturated rings. The molecule has 1 N–H and O–H groups in total. The van der Waals surface area contributed by atoms with Gasteiger partial charge in [0.1, 0.15) is 11.8 Å². The van der Waals surface area contributed by atoms with E-state index in [1.165, 1.54) is 18.2 Å². The van der Waals surface area contributed by atoms with Crippen LogP contribution in [0.1, 0.15) is 53.8 Å². The van der Waals surface area contributed by atoms with Crippen LogP contribution in [0.3, 0.4) is 0 Å². The molecule has 7 nitrogen and oxygen atoms in total.